The molecule has 4 rings (SSSR count). The number of hydrogen-bond donors (Lipinski definition) is 1. The summed E-state index contributed by atoms with van der Waals surface area (Å²) in [5.74, 6) is 0.922. The van der Waals surface area contributed by atoms with Crippen LogP contribution in [0.25, 0.3) is 11.4 Å². The SMILES string of the molecule is O=C(Nc1ccc(Cl)cc1)N1CCCC[C@@H]1c1nc(-c2ccc(Cl)cc2)no1. The van der Waals surface area contributed by atoms with Crippen LogP contribution < -0.4 is 5.32 Å². The molecule has 0 spiro atoms. The van der Waals surface area contributed by atoms with Crippen LogP contribution in [0.4, 0.5) is 10.5 Å². The topological polar surface area (TPSA) is 71.3 Å². The molecule has 1 saturated heterocycles. The Morgan fingerprint density at radius 3 is 2.43 bits per heavy atom. The van der Waals surface area contributed by atoms with Crippen molar-refractivity contribution in [1.29, 1.82) is 0 Å². The summed E-state index contributed by atoms with van der Waals surface area (Å²) in [6, 6.07) is 13.8. The first-order valence-electron chi connectivity index (χ1n) is 9.03. The Morgan fingerprint density at radius 2 is 1.71 bits per heavy atom. The molecule has 1 N–H and O–H groups in total. The van der Waals surface area contributed by atoms with Crippen molar-refractivity contribution in [3.05, 3.63) is 64.5 Å². The molecular formula is C20H18Cl2N4O2. The van der Waals surface area contributed by atoms with Gasteiger partial charge < -0.3 is 14.7 Å². The highest BCUT2D eigenvalue weighted by Crippen LogP contribution is 2.32. The molecule has 6 nitrogen and oxygen atoms in total. The predicted molar refractivity (Wildman–Crippen MR) is 109 cm³/mol. The summed E-state index contributed by atoms with van der Waals surface area (Å²) in [6.07, 6.45) is 2.70. The number of carbonyl (C=O) groups is 1. The summed E-state index contributed by atoms with van der Waals surface area (Å²) in [4.78, 5) is 19.1. The number of nitrogens with zero attached hydrogens (tertiary/aromatic N) is 3. The van der Waals surface area contributed by atoms with Gasteiger partial charge >= 0.3 is 6.03 Å². The standard InChI is InChI=1S/C20H18Cl2N4O2/c21-14-6-4-13(5-7-14)18-24-19(28-25-18)17-3-1-2-12-26(17)20(27)23-16-10-8-15(22)9-11-16/h4-11,17H,1-3,12H2,(H,23,27)/t17-/m1/s1. The fourth-order valence-electron chi connectivity index (χ4n) is 3.25. The summed E-state index contributed by atoms with van der Waals surface area (Å²) in [6.45, 7) is 0.628. The highest BCUT2D eigenvalue weighted by atomic mass is 35.5. The van der Waals surface area contributed by atoms with Crippen molar-refractivity contribution in [2.45, 2.75) is 25.3 Å². The van der Waals surface area contributed by atoms with E-state index in [4.69, 9.17) is 27.7 Å². The quantitative estimate of drug-likeness (QED) is 0.585. The third kappa shape index (κ3) is 4.13. The van der Waals surface area contributed by atoms with Gasteiger partial charge in [0.1, 0.15) is 6.04 Å². The third-order valence-corrected chi connectivity index (χ3v) is 5.19. The maximum atomic E-state index is 12.8. The number of piperidine rings is 1. The average Bonchev–Trinajstić information content (AvgIpc) is 3.20. The highest BCUT2D eigenvalue weighted by molar-refractivity contribution is 6.30. The minimum absolute atomic E-state index is 0.196. The first-order valence-corrected chi connectivity index (χ1v) is 9.78. The smallest absolute Gasteiger partial charge is 0.322 e. The third-order valence-electron chi connectivity index (χ3n) is 4.69. The van der Waals surface area contributed by atoms with Crippen LogP contribution in [0.3, 0.4) is 0 Å². The van der Waals surface area contributed by atoms with Gasteiger partial charge in [0.05, 0.1) is 0 Å². The van der Waals surface area contributed by atoms with Gasteiger partial charge in [-0.1, -0.05) is 28.4 Å². The Morgan fingerprint density at radius 1 is 1.04 bits per heavy atom. The molecule has 0 bridgehead atoms. The van der Waals surface area contributed by atoms with Crippen molar-refractivity contribution in [2.24, 2.45) is 0 Å². The minimum atomic E-state index is -0.255. The number of rotatable bonds is 3. The van der Waals surface area contributed by atoms with Crippen molar-refractivity contribution in [3.63, 3.8) is 0 Å². The number of aromatic nitrogens is 2. The average molecular weight is 417 g/mol. The van der Waals surface area contributed by atoms with E-state index in [1.54, 1.807) is 41.3 Å². The molecule has 8 heteroatoms. The van der Waals surface area contributed by atoms with Gasteiger partial charge in [-0.25, -0.2) is 4.79 Å². The molecule has 1 aromatic heterocycles. The van der Waals surface area contributed by atoms with Crippen LogP contribution >= 0.6 is 23.2 Å². The Hall–Kier alpha value is -2.57. The lowest BCUT2D eigenvalue weighted by atomic mass is 10.0. The minimum Gasteiger partial charge on any atom is -0.337 e. The monoisotopic (exact) mass is 416 g/mol. The molecule has 1 atom stereocenters. The summed E-state index contributed by atoms with van der Waals surface area (Å²) >= 11 is 11.8. The molecule has 0 aliphatic carbocycles. The van der Waals surface area contributed by atoms with Crippen LogP contribution in [-0.2, 0) is 0 Å². The van der Waals surface area contributed by atoms with Crippen molar-refractivity contribution < 1.29 is 9.32 Å². The lowest BCUT2D eigenvalue weighted by Gasteiger charge is -2.33. The number of nitrogens with one attached hydrogen (secondary N) is 1. The number of halogens is 2. The fraction of sp³-hybridized carbons (Fsp3) is 0.250. The first-order chi connectivity index (χ1) is 13.6. The second-order valence-corrected chi connectivity index (χ2v) is 7.48. The zero-order chi connectivity index (χ0) is 19.5. The van der Waals surface area contributed by atoms with E-state index in [0.29, 0.717) is 34.0 Å². The number of likely N-dealkylation sites (tertiary alicyclic amines) is 1. The van der Waals surface area contributed by atoms with Crippen molar-refractivity contribution in [1.82, 2.24) is 15.0 Å². The fourth-order valence-corrected chi connectivity index (χ4v) is 3.50. The van der Waals surface area contributed by atoms with Crippen LogP contribution in [0.2, 0.25) is 10.0 Å². The van der Waals surface area contributed by atoms with Crippen LogP contribution in [0, 0.1) is 0 Å². The predicted octanol–water partition coefficient (Wildman–Crippen LogP) is 5.80. The van der Waals surface area contributed by atoms with Gasteiger partial charge in [0.15, 0.2) is 0 Å². The number of hydrogen-bond acceptors (Lipinski definition) is 4. The van der Waals surface area contributed by atoms with E-state index < -0.39 is 0 Å². The Bertz CT molecular complexity index is 957. The molecule has 0 unspecified atom stereocenters. The van der Waals surface area contributed by atoms with E-state index in [1.165, 1.54) is 0 Å². The molecule has 28 heavy (non-hydrogen) atoms. The molecular weight excluding hydrogens is 399 g/mol. The largest absolute Gasteiger partial charge is 0.337 e. The number of benzene rings is 2. The summed E-state index contributed by atoms with van der Waals surface area (Å²) in [7, 11) is 0. The van der Waals surface area contributed by atoms with Crippen molar-refractivity contribution in [3.8, 4) is 11.4 Å². The first kappa shape index (κ1) is 18.8. The van der Waals surface area contributed by atoms with Crippen LogP contribution in [0.1, 0.15) is 31.2 Å². The summed E-state index contributed by atoms with van der Waals surface area (Å²) in [5.41, 5.74) is 1.50. The van der Waals surface area contributed by atoms with E-state index in [2.05, 4.69) is 15.5 Å². The molecule has 1 aliphatic heterocycles. The van der Waals surface area contributed by atoms with Crippen LogP contribution in [0.5, 0.6) is 0 Å². The Kier molecular flexibility index (Phi) is 5.50. The maximum absolute atomic E-state index is 12.8. The molecule has 3 aromatic rings. The molecule has 2 aromatic carbocycles. The summed E-state index contributed by atoms with van der Waals surface area (Å²) < 4.78 is 5.50. The van der Waals surface area contributed by atoms with Gasteiger partial charge in [-0.2, -0.15) is 4.98 Å². The van der Waals surface area contributed by atoms with Gasteiger partial charge in [-0.3, -0.25) is 0 Å². The van der Waals surface area contributed by atoms with Gasteiger partial charge in [0, 0.05) is 27.8 Å². The molecule has 0 radical (unpaired) electrons. The number of amides is 2. The molecule has 1 aliphatic rings. The maximum Gasteiger partial charge on any atom is 0.322 e. The number of anilines is 1. The van der Waals surface area contributed by atoms with Crippen LogP contribution in [-0.4, -0.2) is 27.6 Å². The molecule has 2 heterocycles. The van der Waals surface area contributed by atoms with Gasteiger partial charge in [0.25, 0.3) is 0 Å². The lowest BCUT2D eigenvalue weighted by Crippen LogP contribution is -2.41. The van der Waals surface area contributed by atoms with Gasteiger partial charge in [-0.05, 0) is 67.8 Å². The van der Waals surface area contributed by atoms with E-state index in [1.807, 2.05) is 12.1 Å². The molecule has 2 amide bonds. The summed E-state index contributed by atoms with van der Waals surface area (Å²) in [5, 5.41) is 8.25. The highest BCUT2D eigenvalue weighted by Gasteiger charge is 2.32. The van der Waals surface area contributed by atoms with E-state index in [0.717, 1.165) is 24.8 Å². The Labute approximate surface area is 172 Å². The second kappa shape index (κ2) is 8.20. The van der Waals surface area contributed by atoms with Gasteiger partial charge in [0.2, 0.25) is 11.7 Å². The normalized spacial score (nSPS) is 16.8. The van der Waals surface area contributed by atoms with E-state index in [-0.39, 0.29) is 12.1 Å². The Balaban J connectivity index is 1.53. The molecule has 0 saturated carbocycles. The molecule has 1 fully saturated rings. The molecule has 144 valence electrons. The zero-order valence-electron chi connectivity index (χ0n) is 14.9. The number of carbonyl (C=O) groups excluding carboxylic acids is 1. The van der Waals surface area contributed by atoms with E-state index in [9.17, 15) is 4.79 Å². The van der Waals surface area contributed by atoms with Crippen molar-refractivity contribution >= 4 is 34.9 Å². The van der Waals surface area contributed by atoms with Gasteiger partial charge in [-0.15, -0.1) is 0 Å². The van der Waals surface area contributed by atoms with Crippen LogP contribution in [0.15, 0.2) is 53.1 Å². The van der Waals surface area contributed by atoms with E-state index >= 15 is 0 Å². The zero-order valence-corrected chi connectivity index (χ0v) is 16.5. The second-order valence-electron chi connectivity index (χ2n) is 6.61. The number of urea groups is 1. The lowest BCUT2D eigenvalue weighted by molar-refractivity contribution is 0.142. The van der Waals surface area contributed by atoms with Crippen molar-refractivity contribution in [2.75, 3.05) is 11.9 Å².